The minimum atomic E-state index is -1.29. The number of carbonyl (C=O) groups is 3. The summed E-state index contributed by atoms with van der Waals surface area (Å²) in [7, 11) is 0. The Balaban J connectivity index is 1.50. The van der Waals surface area contributed by atoms with E-state index in [-0.39, 0.29) is 24.6 Å². The highest BCUT2D eigenvalue weighted by molar-refractivity contribution is 6.25. The molecule has 1 fully saturated rings. The van der Waals surface area contributed by atoms with Crippen molar-refractivity contribution in [3.8, 4) is 0 Å². The van der Waals surface area contributed by atoms with Crippen LogP contribution < -0.4 is 15.8 Å². The van der Waals surface area contributed by atoms with E-state index in [1.165, 1.54) is 6.08 Å². The second-order valence-corrected chi connectivity index (χ2v) is 6.89. The van der Waals surface area contributed by atoms with Crippen molar-refractivity contribution in [2.24, 2.45) is 0 Å². The number of hydrogen-bond acceptors (Lipinski definition) is 6. The highest BCUT2D eigenvalue weighted by atomic mass is 16.5. The minimum Gasteiger partial charge on any atom is -0.456 e. The van der Waals surface area contributed by atoms with Crippen LogP contribution >= 0.6 is 0 Å². The molecule has 2 amide bonds. The second kappa shape index (κ2) is 6.94. The van der Waals surface area contributed by atoms with Gasteiger partial charge in [-0.25, -0.2) is 15.1 Å². The number of ether oxygens (including phenoxy) is 1. The lowest BCUT2D eigenvalue weighted by molar-refractivity contribution is -0.140. The van der Waals surface area contributed by atoms with Crippen molar-refractivity contribution in [2.75, 3.05) is 4.90 Å². The van der Waals surface area contributed by atoms with Gasteiger partial charge in [0.25, 0.3) is 5.91 Å². The lowest BCUT2D eigenvalue weighted by atomic mass is 9.98. The van der Waals surface area contributed by atoms with Crippen LogP contribution in [0.15, 0.2) is 66.4 Å². The van der Waals surface area contributed by atoms with E-state index in [1.54, 1.807) is 12.1 Å². The number of aryl methyl sites for hydroxylation is 1. The Labute approximate surface area is 161 Å². The van der Waals surface area contributed by atoms with Crippen molar-refractivity contribution in [2.45, 2.75) is 25.5 Å². The average Bonchev–Trinajstić information content (AvgIpc) is 3.23. The summed E-state index contributed by atoms with van der Waals surface area (Å²) in [6.45, 7) is 2.05. The number of benzene rings is 2. The fourth-order valence-electron chi connectivity index (χ4n) is 3.28. The van der Waals surface area contributed by atoms with Crippen LogP contribution in [0.1, 0.15) is 17.5 Å². The molecule has 7 heteroatoms. The van der Waals surface area contributed by atoms with Crippen LogP contribution in [-0.4, -0.2) is 23.3 Å². The molecule has 0 radical (unpaired) electrons. The normalized spacial score (nSPS) is 21.0. The van der Waals surface area contributed by atoms with Crippen molar-refractivity contribution < 1.29 is 19.1 Å². The fraction of sp³-hybridized carbons (Fsp3) is 0.190. The van der Waals surface area contributed by atoms with Gasteiger partial charge in [0.05, 0.1) is 12.1 Å². The molecule has 0 aromatic heterocycles. The SMILES string of the molecule is Cc1ccc(N2C(=O)C[C@]3(C=C(C(=O)OCc4ccccc4)NN3)C2=O)cc1. The third-order valence-corrected chi connectivity index (χ3v) is 4.80. The van der Waals surface area contributed by atoms with Gasteiger partial charge in [0.2, 0.25) is 5.91 Å². The van der Waals surface area contributed by atoms with E-state index in [9.17, 15) is 14.4 Å². The summed E-state index contributed by atoms with van der Waals surface area (Å²) in [5.41, 5.74) is 6.71. The van der Waals surface area contributed by atoms with Gasteiger partial charge in [-0.05, 0) is 30.7 Å². The van der Waals surface area contributed by atoms with Crippen LogP contribution in [0.2, 0.25) is 0 Å². The molecule has 0 unspecified atom stereocenters. The van der Waals surface area contributed by atoms with Gasteiger partial charge < -0.3 is 10.2 Å². The van der Waals surface area contributed by atoms with E-state index >= 15 is 0 Å². The molecule has 2 heterocycles. The van der Waals surface area contributed by atoms with Crippen molar-refractivity contribution in [1.29, 1.82) is 0 Å². The van der Waals surface area contributed by atoms with Gasteiger partial charge in [-0.1, -0.05) is 48.0 Å². The van der Waals surface area contributed by atoms with E-state index in [0.717, 1.165) is 16.0 Å². The van der Waals surface area contributed by atoms with E-state index in [0.29, 0.717) is 5.69 Å². The van der Waals surface area contributed by atoms with Gasteiger partial charge in [-0.2, -0.15) is 0 Å². The Morgan fingerprint density at radius 1 is 1.11 bits per heavy atom. The van der Waals surface area contributed by atoms with E-state index in [2.05, 4.69) is 10.9 Å². The number of nitrogens with one attached hydrogen (secondary N) is 2. The lowest BCUT2D eigenvalue weighted by Crippen LogP contribution is -2.51. The first-order chi connectivity index (χ1) is 13.5. The zero-order chi connectivity index (χ0) is 19.7. The lowest BCUT2D eigenvalue weighted by Gasteiger charge is -2.20. The predicted octanol–water partition coefficient (Wildman–Crippen LogP) is 1.73. The first-order valence-electron chi connectivity index (χ1n) is 8.90. The van der Waals surface area contributed by atoms with Gasteiger partial charge in [0.1, 0.15) is 17.8 Å². The van der Waals surface area contributed by atoms with Crippen molar-refractivity contribution in [3.63, 3.8) is 0 Å². The molecule has 1 saturated heterocycles. The zero-order valence-corrected chi connectivity index (χ0v) is 15.3. The smallest absolute Gasteiger partial charge is 0.355 e. The Hall–Kier alpha value is -3.45. The molecule has 4 rings (SSSR count). The number of nitrogens with zero attached hydrogens (tertiary/aromatic N) is 1. The zero-order valence-electron chi connectivity index (χ0n) is 15.3. The molecule has 0 bridgehead atoms. The fourth-order valence-corrected chi connectivity index (χ4v) is 3.28. The van der Waals surface area contributed by atoms with Crippen molar-refractivity contribution in [1.82, 2.24) is 10.9 Å². The number of anilines is 1. The number of esters is 1. The van der Waals surface area contributed by atoms with E-state index in [1.807, 2.05) is 49.4 Å². The van der Waals surface area contributed by atoms with Crippen LogP contribution in [-0.2, 0) is 25.7 Å². The summed E-state index contributed by atoms with van der Waals surface area (Å²) in [5.74, 6) is -1.36. The van der Waals surface area contributed by atoms with Crippen molar-refractivity contribution >= 4 is 23.5 Å². The molecule has 2 aromatic carbocycles. The Bertz CT molecular complexity index is 969. The first-order valence-corrected chi connectivity index (χ1v) is 8.90. The van der Waals surface area contributed by atoms with Crippen molar-refractivity contribution in [3.05, 3.63) is 77.5 Å². The summed E-state index contributed by atoms with van der Waals surface area (Å²) >= 11 is 0. The topological polar surface area (TPSA) is 87.7 Å². The van der Waals surface area contributed by atoms with E-state index in [4.69, 9.17) is 4.74 Å². The molecule has 0 aliphatic carbocycles. The predicted molar refractivity (Wildman–Crippen MR) is 102 cm³/mol. The summed E-state index contributed by atoms with van der Waals surface area (Å²) in [4.78, 5) is 39.0. The third kappa shape index (κ3) is 3.16. The molecule has 2 aliphatic heterocycles. The molecule has 28 heavy (non-hydrogen) atoms. The molecule has 2 aromatic rings. The molecule has 1 atom stereocenters. The highest BCUT2D eigenvalue weighted by Crippen LogP contribution is 2.33. The van der Waals surface area contributed by atoms with Crippen LogP contribution in [0.4, 0.5) is 5.69 Å². The molecule has 0 saturated carbocycles. The molecule has 7 nitrogen and oxygen atoms in total. The van der Waals surface area contributed by atoms with Crippen LogP contribution in [0.5, 0.6) is 0 Å². The molecule has 2 aliphatic rings. The average molecular weight is 377 g/mol. The number of imide groups is 1. The van der Waals surface area contributed by atoms with Gasteiger partial charge in [-0.3, -0.25) is 9.59 Å². The number of hydrazine groups is 1. The minimum absolute atomic E-state index is 0.0812. The Morgan fingerprint density at radius 3 is 2.54 bits per heavy atom. The van der Waals surface area contributed by atoms with Gasteiger partial charge in [0.15, 0.2) is 0 Å². The highest BCUT2D eigenvalue weighted by Gasteiger charge is 2.54. The summed E-state index contributed by atoms with van der Waals surface area (Å²) in [6.07, 6.45) is 1.36. The summed E-state index contributed by atoms with van der Waals surface area (Å²) < 4.78 is 5.28. The molecule has 1 spiro atoms. The van der Waals surface area contributed by atoms with Gasteiger partial charge in [0, 0.05) is 0 Å². The largest absolute Gasteiger partial charge is 0.456 e. The molecular formula is C21H19N3O4. The number of carbonyl (C=O) groups excluding carboxylic acids is 3. The standard InChI is InChI=1S/C21H19N3O4/c1-14-7-9-16(10-8-14)24-18(25)12-21(20(24)27)11-17(22-23-21)19(26)28-13-15-5-3-2-4-6-15/h2-11,22-23H,12-13H2,1H3/t21-/m1/s1. The van der Waals surface area contributed by atoms with Crippen LogP contribution in [0.25, 0.3) is 0 Å². The number of hydrogen-bond donors (Lipinski definition) is 2. The van der Waals surface area contributed by atoms with Gasteiger partial charge >= 0.3 is 5.97 Å². The summed E-state index contributed by atoms with van der Waals surface area (Å²) in [5, 5.41) is 0. The maximum Gasteiger partial charge on any atom is 0.355 e. The monoisotopic (exact) mass is 377 g/mol. The summed E-state index contributed by atoms with van der Waals surface area (Å²) in [6, 6.07) is 16.4. The van der Waals surface area contributed by atoms with Gasteiger partial charge in [-0.15, -0.1) is 0 Å². The van der Waals surface area contributed by atoms with E-state index < -0.39 is 17.4 Å². The molecular weight excluding hydrogens is 358 g/mol. The molecule has 2 N–H and O–H groups in total. The Morgan fingerprint density at radius 2 is 1.82 bits per heavy atom. The first kappa shape index (κ1) is 17.9. The maximum atomic E-state index is 13.0. The third-order valence-electron chi connectivity index (χ3n) is 4.80. The number of rotatable bonds is 4. The molecule has 142 valence electrons. The maximum absolute atomic E-state index is 13.0. The number of amides is 2. The van der Waals surface area contributed by atoms with Crippen LogP contribution in [0, 0.1) is 6.92 Å². The second-order valence-electron chi connectivity index (χ2n) is 6.89. The Kier molecular flexibility index (Phi) is 4.44. The quantitative estimate of drug-likeness (QED) is 0.623. The van der Waals surface area contributed by atoms with Crippen LogP contribution in [0.3, 0.4) is 0 Å².